The normalized spacial score (nSPS) is 14.9. The van der Waals surface area contributed by atoms with Crippen molar-refractivity contribution >= 4 is 29.3 Å². The minimum absolute atomic E-state index is 0.142. The minimum Gasteiger partial charge on any atom is -0.462 e. The molecular formula is C30H31ClF3N3O4. The standard InChI is InChI=1S/C30H31ClF3N3O4/c1-2-40-28(38)23-7-13-26(14-8-23)35-29(39)37-17-15-36(16-18-37)19-27(22-5-11-25(31)12-6-22)41-20-21-3-9-24(10-4-21)30(32,33)34/h3-14,27H,2,15-20H2,1H3,(H,35,39)/t27-/m1/s1. The lowest BCUT2D eigenvalue weighted by Gasteiger charge is -2.36. The fourth-order valence-electron chi connectivity index (χ4n) is 4.39. The highest BCUT2D eigenvalue weighted by Gasteiger charge is 2.30. The second-order valence-corrected chi connectivity index (χ2v) is 10.00. The summed E-state index contributed by atoms with van der Waals surface area (Å²) in [6, 6.07) is 18.5. The maximum atomic E-state index is 12.9. The molecule has 3 aromatic rings. The predicted octanol–water partition coefficient (Wildman–Crippen LogP) is 6.64. The van der Waals surface area contributed by atoms with Crippen LogP contribution in [0.3, 0.4) is 0 Å². The minimum atomic E-state index is -4.39. The van der Waals surface area contributed by atoms with Gasteiger partial charge in [0.1, 0.15) is 0 Å². The van der Waals surface area contributed by atoms with Crippen molar-refractivity contribution in [1.82, 2.24) is 9.80 Å². The van der Waals surface area contributed by atoms with Gasteiger partial charge >= 0.3 is 18.2 Å². The zero-order valence-corrected chi connectivity index (χ0v) is 23.3. The van der Waals surface area contributed by atoms with Crippen molar-refractivity contribution in [2.45, 2.75) is 25.8 Å². The fraction of sp³-hybridized carbons (Fsp3) is 0.333. The second kappa shape index (κ2) is 13.8. The lowest BCUT2D eigenvalue weighted by Crippen LogP contribution is -2.50. The summed E-state index contributed by atoms with van der Waals surface area (Å²) in [4.78, 5) is 28.5. The average molecular weight is 590 g/mol. The molecule has 0 radical (unpaired) electrons. The van der Waals surface area contributed by atoms with Crippen LogP contribution in [0.5, 0.6) is 0 Å². The van der Waals surface area contributed by atoms with Crippen LogP contribution in [0.25, 0.3) is 0 Å². The van der Waals surface area contributed by atoms with Crippen molar-refractivity contribution in [3.63, 3.8) is 0 Å². The molecule has 11 heteroatoms. The van der Waals surface area contributed by atoms with Crippen LogP contribution in [0.15, 0.2) is 72.8 Å². The van der Waals surface area contributed by atoms with Crippen LogP contribution in [0.2, 0.25) is 5.02 Å². The number of hydrogen-bond acceptors (Lipinski definition) is 5. The Morgan fingerprint density at radius 1 is 0.927 bits per heavy atom. The van der Waals surface area contributed by atoms with E-state index < -0.39 is 17.7 Å². The van der Waals surface area contributed by atoms with Gasteiger partial charge in [0.2, 0.25) is 0 Å². The summed E-state index contributed by atoms with van der Waals surface area (Å²) in [5, 5.41) is 3.45. The molecule has 0 spiro atoms. The molecule has 0 saturated carbocycles. The van der Waals surface area contributed by atoms with Gasteiger partial charge in [0, 0.05) is 43.4 Å². The van der Waals surface area contributed by atoms with E-state index in [-0.39, 0.29) is 25.3 Å². The molecule has 1 atom stereocenters. The Hall–Kier alpha value is -3.60. The smallest absolute Gasteiger partial charge is 0.416 e. The summed E-state index contributed by atoms with van der Waals surface area (Å²) in [5.41, 5.74) is 1.81. The van der Waals surface area contributed by atoms with Gasteiger partial charge in [-0.05, 0) is 66.6 Å². The van der Waals surface area contributed by atoms with E-state index in [1.165, 1.54) is 12.1 Å². The summed E-state index contributed by atoms with van der Waals surface area (Å²) in [6.07, 6.45) is -4.74. The number of urea groups is 1. The lowest BCUT2D eigenvalue weighted by molar-refractivity contribution is -0.137. The number of carbonyl (C=O) groups is 2. The molecule has 0 bridgehead atoms. The molecule has 1 saturated heterocycles. The van der Waals surface area contributed by atoms with E-state index in [1.54, 1.807) is 48.2 Å². The van der Waals surface area contributed by atoms with E-state index >= 15 is 0 Å². The second-order valence-electron chi connectivity index (χ2n) is 9.56. The predicted molar refractivity (Wildman–Crippen MR) is 150 cm³/mol. The first-order valence-corrected chi connectivity index (χ1v) is 13.6. The highest BCUT2D eigenvalue weighted by atomic mass is 35.5. The van der Waals surface area contributed by atoms with Crippen molar-refractivity contribution in [3.8, 4) is 0 Å². The third kappa shape index (κ3) is 8.69. The van der Waals surface area contributed by atoms with Crippen molar-refractivity contribution in [2.24, 2.45) is 0 Å². The van der Waals surface area contributed by atoms with E-state index in [0.29, 0.717) is 54.6 Å². The Bertz CT molecular complexity index is 1290. The molecule has 1 heterocycles. The number of hydrogen-bond donors (Lipinski definition) is 1. The highest BCUT2D eigenvalue weighted by Crippen LogP contribution is 2.30. The van der Waals surface area contributed by atoms with Crippen molar-refractivity contribution < 1.29 is 32.2 Å². The number of nitrogens with zero attached hydrogens (tertiary/aromatic N) is 2. The Balaban J connectivity index is 1.32. The molecule has 0 aromatic heterocycles. The summed E-state index contributed by atoms with van der Waals surface area (Å²) in [7, 11) is 0. The first-order chi connectivity index (χ1) is 19.6. The van der Waals surface area contributed by atoms with Crippen LogP contribution >= 0.6 is 11.6 Å². The van der Waals surface area contributed by atoms with Crippen molar-refractivity contribution in [3.05, 3.63) is 100 Å². The van der Waals surface area contributed by atoms with Gasteiger partial charge in [0.15, 0.2) is 0 Å². The molecule has 218 valence electrons. The SMILES string of the molecule is CCOC(=O)c1ccc(NC(=O)N2CCN(C[C@@H](OCc3ccc(C(F)(F)F)cc3)c3ccc(Cl)cc3)CC2)cc1. The van der Waals surface area contributed by atoms with Crippen molar-refractivity contribution in [1.29, 1.82) is 0 Å². The van der Waals surface area contributed by atoms with Crippen LogP contribution in [0.1, 0.15) is 40.1 Å². The number of alkyl halides is 3. The molecule has 0 unspecified atom stereocenters. The number of benzene rings is 3. The third-order valence-corrected chi connectivity index (χ3v) is 6.96. The Morgan fingerprint density at radius 2 is 1.56 bits per heavy atom. The molecule has 4 rings (SSSR count). The molecular weight excluding hydrogens is 559 g/mol. The monoisotopic (exact) mass is 589 g/mol. The first-order valence-electron chi connectivity index (χ1n) is 13.2. The van der Waals surface area contributed by atoms with Crippen LogP contribution in [0.4, 0.5) is 23.7 Å². The summed E-state index contributed by atoms with van der Waals surface area (Å²) in [5.74, 6) is -0.415. The van der Waals surface area contributed by atoms with E-state index in [0.717, 1.165) is 17.7 Å². The zero-order chi connectivity index (χ0) is 29.4. The van der Waals surface area contributed by atoms with E-state index in [1.807, 2.05) is 12.1 Å². The molecule has 1 aliphatic heterocycles. The Morgan fingerprint density at radius 3 is 2.15 bits per heavy atom. The van der Waals surface area contributed by atoms with Crippen molar-refractivity contribution in [2.75, 3.05) is 44.6 Å². The van der Waals surface area contributed by atoms with Gasteiger partial charge in [0.25, 0.3) is 0 Å². The van der Waals surface area contributed by atoms with E-state index in [9.17, 15) is 22.8 Å². The van der Waals surface area contributed by atoms with E-state index in [4.69, 9.17) is 21.1 Å². The topological polar surface area (TPSA) is 71.1 Å². The molecule has 1 aliphatic rings. The number of amides is 2. The zero-order valence-electron chi connectivity index (χ0n) is 22.5. The molecule has 3 aromatic carbocycles. The molecule has 41 heavy (non-hydrogen) atoms. The van der Waals surface area contributed by atoms with Gasteiger partial charge in [-0.25, -0.2) is 9.59 Å². The largest absolute Gasteiger partial charge is 0.462 e. The van der Waals surface area contributed by atoms with Crippen LogP contribution in [-0.2, 0) is 22.3 Å². The van der Waals surface area contributed by atoms with Gasteiger partial charge in [-0.2, -0.15) is 13.2 Å². The molecule has 1 N–H and O–H groups in total. The summed E-state index contributed by atoms with van der Waals surface area (Å²) >= 11 is 6.06. The number of halogens is 4. The average Bonchev–Trinajstić information content (AvgIpc) is 2.96. The molecule has 1 fully saturated rings. The third-order valence-electron chi connectivity index (χ3n) is 6.71. The van der Waals surface area contributed by atoms with Gasteiger partial charge in [0.05, 0.1) is 30.4 Å². The fourth-order valence-corrected chi connectivity index (χ4v) is 4.52. The number of anilines is 1. The van der Waals surface area contributed by atoms with E-state index in [2.05, 4.69) is 10.2 Å². The number of piperazine rings is 1. The van der Waals surface area contributed by atoms with Crippen LogP contribution in [-0.4, -0.2) is 61.1 Å². The highest BCUT2D eigenvalue weighted by molar-refractivity contribution is 6.30. The summed E-state index contributed by atoms with van der Waals surface area (Å²) in [6.45, 7) is 4.93. The number of nitrogens with one attached hydrogen (secondary N) is 1. The number of rotatable bonds is 9. The van der Waals surface area contributed by atoms with Gasteiger partial charge < -0.3 is 19.7 Å². The number of carbonyl (C=O) groups excluding carboxylic acids is 2. The Kier molecular flexibility index (Phi) is 10.3. The summed E-state index contributed by atoms with van der Waals surface area (Å²) < 4.78 is 49.9. The maximum absolute atomic E-state index is 12.9. The molecule has 2 amide bonds. The quantitative estimate of drug-likeness (QED) is 0.283. The van der Waals surface area contributed by atoms with Crippen LogP contribution < -0.4 is 5.32 Å². The van der Waals surface area contributed by atoms with Gasteiger partial charge in [-0.1, -0.05) is 35.9 Å². The number of ether oxygens (including phenoxy) is 2. The maximum Gasteiger partial charge on any atom is 0.416 e. The van der Waals surface area contributed by atoms with Gasteiger partial charge in [-0.3, -0.25) is 4.90 Å². The lowest BCUT2D eigenvalue weighted by atomic mass is 10.1. The Labute approximate surface area is 241 Å². The molecule has 7 nitrogen and oxygen atoms in total. The first kappa shape index (κ1) is 30.4. The number of esters is 1. The van der Waals surface area contributed by atoms with Gasteiger partial charge in [-0.15, -0.1) is 0 Å². The van der Waals surface area contributed by atoms with Crippen LogP contribution in [0, 0.1) is 0 Å². The molecule has 0 aliphatic carbocycles.